The summed E-state index contributed by atoms with van der Waals surface area (Å²) in [7, 11) is 0. The van der Waals surface area contributed by atoms with E-state index in [4.69, 9.17) is 8.83 Å². The maximum atomic E-state index is 11.9. The third-order valence-corrected chi connectivity index (χ3v) is 4.92. The Balaban J connectivity index is 1.72. The molecule has 2 N–H and O–H groups in total. The number of benzene rings is 1. The van der Waals surface area contributed by atoms with Crippen molar-refractivity contribution in [1.82, 2.24) is 5.43 Å². The molecular formula is C18H15BrN2O4. The molecule has 2 heterocycles. The number of carbonyl (C=O) groups excluding carboxylic acids is 1. The van der Waals surface area contributed by atoms with Gasteiger partial charge in [-0.1, -0.05) is 0 Å². The van der Waals surface area contributed by atoms with Crippen LogP contribution >= 0.6 is 15.9 Å². The van der Waals surface area contributed by atoms with E-state index in [9.17, 15) is 9.90 Å². The number of hydrogen-bond donors (Lipinski definition) is 2. The van der Waals surface area contributed by atoms with Gasteiger partial charge in [0.25, 0.3) is 0 Å². The van der Waals surface area contributed by atoms with Crippen LogP contribution in [0.15, 0.2) is 42.9 Å². The minimum atomic E-state index is -0.457. The van der Waals surface area contributed by atoms with Crippen LogP contribution in [0.2, 0.25) is 0 Å². The number of nitrogens with zero attached hydrogens (tertiary/aromatic N) is 1. The SMILES string of the molecule is O=C(N/N=C\c1c(O)c(Br)cc2oc3c(c12)CCCC3)c1ccco1. The smallest absolute Gasteiger partial charge is 0.307 e. The highest BCUT2D eigenvalue weighted by atomic mass is 79.9. The Morgan fingerprint density at radius 2 is 2.20 bits per heavy atom. The van der Waals surface area contributed by atoms with Gasteiger partial charge in [0.05, 0.1) is 17.0 Å². The quantitative estimate of drug-likeness (QED) is 0.508. The number of phenols is 1. The number of carbonyl (C=O) groups is 1. The number of rotatable bonds is 3. The van der Waals surface area contributed by atoms with Crippen molar-refractivity contribution in [1.29, 1.82) is 0 Å². The van der Waals surface area contributed by atoms with E-state index in [1.54, 1.807) is 18.2 Å². The van der Waals surface area contributed by atoms with E-state index in [2.05, 4.69) is 26.5 Å². The maximum absolute atomic E-state index is 11.9. The molecule has 7 heteroatoms. The van der Waals surface area contributed by atoms with Crippen molar-refractivity contribution in [2.24, 2.45) is 5.10 Å². The average molecular weight is 403 g/mol. The van der Waals surface area contributed by atoms with Crippen LogP contribution in [0.5, 0.6) is 5.75 Å². The van der Waals surface area contributed by atoms with Crippen LogP contribution in [-0.4, -0.2) is 17.2 Å². The van der Waals surface area contributed by atoms with Gasteiger partial charge >= 0.3 is 5.91 Å². The molecule has 0 saturated heterocycles. The molecule has 1 amide bonds. The number of nitrogens with one attached hydrogen (secondary N) is 1. The largest absolute Gasteiger partial charge is 0.506 e. The van der Waals surface area contributed by atoms with Crippen LogP contribution < -0.4 is 5.43 Å². The van der Waals surface area contributed by atoms with Crippen LogP contribution in [0.3, 0.4) is 0 Å². The fourth-order valence-corrected chi connectivity index (χ4v) is 3.58. The fraction of sp³-hybridized carbons (Fsp3) is 0.222. The molecule has 3 aromatic rings. The Hall–Kier alpha value is -2.54. The normalized spacial score (nSPS) is 14.1. The van der Waals surface area contributed by atoms with Gasteiger partial charge in [0.2, 0.25) is 0 Å². The van der Waals surface area contributed by atoms with E-state index >= 15 is 0 Å². The van der Waals surface area contributed by atoms with Gasteiger partial charge in [0.15, 0.2) is 5.76 Å². The second kappa shape index (κ2) is 6.40. The number of hydrogen-bond acceptors (Lipinski definition) is 5. The number of fused-ring (bicyclic) bond motifs is 3. The van der Waals surface area contributed by atoms with Crippen LogP contribution in [0, 0.1) is 0 Å². The molecule has 0 unspecified atom stereocenters. The summed E-state index contributed by atoms with van der Waals surface area (Å²) < 4.78 is 11.5. The van der Waals surface area contributed by atoms with Crippen molar-refractivity contribution in [3.05, 3.63) is 51.6 Å². The number of hydrazone groups is 1. The third-order valence-electron chi connectivity index (χ3n) is 4.31. The predicted octanol–water partition coefficient (Wildman–Crippen LogP) is 4.14. The molecule has 128 valence electrons. The van der Waals surface area contributed by atoms with Gasteiger partial charge in [-0.05, 0) is 53.4 Å². The van der Waals surface area contributed by atoms with E-state index < -0.39 is 5.91 Å². The summed E-state index contributed by atoms with van der Waals surface area (Å²) in [6, 6.07) is 4.94. The fourth-order valence-electron chi connectivity index (χ4n) is 3.16. The van der Waals surface area contributed by atoms with Crippen molar-refractivity contribution < 1.29 is 18.7 Å². The van der Waals surface area contributed by atoms with Crippen molar-refractivity contribution in [3.8, 4) is 5.75 Å². The third kappa shape index (κ3) is 2.84. The standard InChI is InChI=1S/C18H15BrN2O4/c19-12-8-15-16(10-4-1-2-5-13(10)25-15)11(17(12)22)9-20-21-18(23)14-6-3-7-24-14/h3,6-9,22H,1-2,4-5H2,(H,21,23)/b20-9-. The second-order valence-corrected chi connectivity index (χ2v) is 6.74. The first-order chi connectivity index (χ1) is 12.1. The van der Waals surface area contributed by atoms with Crippen LogP contribution in [0.25, 0.3) is 11.0 Å². The Morgan fingerprint density at radius 3 is 3.00 bits per heavy atom. The average Bonchev–Trinajstić information content (AvgIpc) is 3.25. The highest BCUT2D eigenvalue weighted by Gasteiger charge is 2.22. The van der Waals surface area contributed by atoms with Crippen molar-refractivity contribution in [3.63, 3.8) is 0 Å². The molecule has 0 aliphatic heterocycles. The number of phenolic OH excluding ortho intramolecular Hbond substituents is 1. The molecule has 0 bridgehead atoms. The lowest BCUT2D eigenvalue weighted by Crippen LogP contribution is -2.16. The Morgan fingerprint density at radius 1 is 1.36 bits per heavy atom. The molecule has 0 saturated carbocycles. The highest BCUT2D eigenvalue weighted by molar-refractivity contribution is 9.10. The summed E-state index contributed by atoms with van der Waals surface area (Å²) in [5, 5.41) is 15.3. The molecule has 6 nitrogen and oxygen atoms in total. The maximum Gasteiger partial charge on any atom is 0.307 e. The predicted molar refractivity (Wildman–Crippen MR) is 96.0 cm³/mol. The Labute approximate surface area is 151 Å². The first-order valence-corrected chi connectivity index (χ1v) is 8.77. The zero-order valence-electron chi connectivity index (χ0n) is 13.2. The summed E-state index contributed by atoms with van der Waals surface area (Å²) in [6.07, 6.45) is 6.85. The molecule has 0 atom stereocenters. The molecule has 1 aliphatic rings. The number of halogens is 1. The first-order valence-electron chi connectivity index (χ1n) is 7.98. The minimum absolute atomic E-state index is 0.0673. The van der Waals surface area contributed by atoms with Crippen LogP contribution in [0.1, 0.15) is 40.3 Å². The number of aromatic hydroxyl groups is 1. The lowest BCUT2D eigenvalue weighted by molar-refractivity contribution is 0.0927. The van der Waals surface area contributed by atoms with Crippen LogP contribution in [-0.2, 0) is 12.8 Å². The zero-order chi connectivity index (χ0) is 17.4. The lowest BCUT2D eigenvalue weighted by Gasteiger charge is -2.10. The molecule has 0 radical (unpaired) electrons. The van der Waals surface area contributed by atoms with Crippen molar-refractivity contribution in [2.75, 3.05) is 0 Å². The Bertz CT molecular complexity index is 973. The highest BCUT2D eigenvalue weighted by Crippen LogP contribution is 2.40. The first kappa shape index (κ1) is 16.0. The van der Waals surface area contributed by atoms with E-state index in [0.29, 0.717) is 15.6 Å². The topological polar surface area (TPSA) is 88.0 Å². The zero-order valence-corrected chi connectivity index (χ0v) is 14.8. The van der Waals surface area contributed by atoms with E-state index in [1.807, 2.05) is 0 Å². The lowest BCUT2D eigenvalue weighted by atomic mass is 9.94. The van der Waals surface area contributed by atoms with E-state index in [1.165, 1.54) is 12.5 Å². The Kier molecular flexibility index (Phi) is 4.09. The molecule has 1 aromatic carbocycles. The number of aryl methyl sites for hydroxylation is 2. The summed E-state index contributed by atoms with van der Waals surface area (Å²) >= 11 is 3.34. The van der Waals surface area contributed by atoms with Gasteiger partial charge in [-0.15, -0.1) is 0 Å². The van der Waals surface area contributed by atoms with Gasteiger partial charge < -0.3 is 13.9 Å². The van der Waals surface area contributed by atoms with Crippen molar-refractivity contribution >= 4 is 39.0 Å². The summed E-state index contributed by atoms with van der Waals surface area (Å²) in [4.78, 5) is 11.9. The minimum Gasteiger partial charge on any atom is -0.506 e. The van der Waals surface area contributed by atoms with Gasteiger partial charge in [0, 0.05) is 22.9 Å². The van der Waals surface area contributed by atoms with Gasteiger partial charge in [-0.25, -0.2) is 5.43 Å². The van der Waals surface area contributed by atoms with Gasteiger partial charge in [0.1, 0.15) is 17.1 Å². The molecule has 1 aliphatic carbocycles. The van der Waals surface area contributed by atoms with Crippen molar-refractivity contribution in [2.45, 2.75) is 25.7 Å². The van der Waals surface area contributed by atoms with Gasteiger partial charge in [-0.3, -0.25) is 4.79 Å². The molecule has 2 aromatic heterocycles. The van der Waals surface area contributed by atoms with Crippen LogP contribution in [0.4, 0.5) is 0 Å². The summed E-state index contributed by atoms with van der Waals surface area (Å²) in [5.41, 5.74) is 4.74. The van der Waals surface area contributed by atoms with E-state index in [0.717, 1.165) is 42.4 Å². The second-order valence-electron chi connectivity index (χ2n) is 5.88. The molecule has 0 fully saturated rings. The molecule has 4 rings (SSSR count). The molecule has 0 spiro atoms. The molecule has 25 heavy (non-hydrogen) atoms. The monoisotopic (exact) mass is 402 g/mol. The van der Waals surface area contributed by atoms with E-state index in [-0.39, 0.29) is 11.5 Å². The number of amides is 1. The van der Waals surface area contributed by atoms with Gasteiger partial charge in [-0.2, -0.15) is 5.10 Å². The summed E-state index contributed by atoms with van der Waals surface area (Å²) in [5.74, 6) is 0.744. The molecular weight excluding hydrogens is 388 g/mol. The summed E-state index contributed by atoms with van der Waals surface area (Å²) in [6.45, 7) is 0. The number of furan rings is 2.